The fourth-order valence-electron chi connectivity index (χ4n) is 5.19. The van der Waals surface area contributed by atoms with Crippen molar-refractivity contribution in [2.75, 3.05) is 19.6 Å². The van der Waals surface area contributed by atoms with Gasteiger partial charge in [-0.25, -0.2) is 0 Å². The molecule has 3 fully saturated rings. The number of hydrogen-bond acceptors (Lipinski definition) is 2. The van der Waals surface area contributed by atoms with Gasteiger partial charge in [0.2, 0.25) is 0 Å². The van der Waals surface area contributed by atoms with Gasteiger partial charge in [-0.1, -0.05) is 58.3 Å². The van der Waals surface area contributed by atoms with E-state index in [0.29, 0.717) is 11.1 Å². The number of piperazine rings is 1. The molecule has 0 radical (unpaired) electrons. The molecular weight excluding hydrogens is 256 g/mol. The largest absolute Gasteiger partial charge is 0.308 e. The van der Waals surface area contributed by atoms with Gasteiger partial charge in [0.25, 0.3) is 0 Å². The molecule has 1 N–H and O–H groups in total. The molecule has 0 bridgehead atoms. The Morgan fingerprint density at radius 2 is 1.52 bits per heavy atom. The van der Waals surface area contributed by atoms with E-state index in [9.17, 15) is 0 Å². The van der Waals surface area contributed by atoms with E-state index in [1.165, 1.54) is 103 Å². The molecule has 3 rings (SSSR count). The van der Waals surface area contributed by atoms with Crippen molar-refractivity contribution in [3.05, 3.63) is 0 Å². The fraction of sp³-hybridized carbons (Fsp3) is 1.00. The summed E-state index contributed by atoms with van der Waals surface area (Å²) >= 11 is 0. The lowest BCUT2D eigenvalue weighted by Crippen LogP contribution is -2.68. The summed E-state index contributed by atoms with van der Waals surface area (Å²) in [7, 11) is 0. The maximum Gasteiger partial charge on any atom is 0.0334 e. The van der Waals surface area contributed by atoms with Gasteiger partial charge >= 0.3 is 0 Å². The molecule has 2 aliphatic carbocycles. The Bertz CT molecular complexity index is 314. The Morgan fingerprint density at radius 1 is 0.857 bits per heavy atom. The summed E-state index contributed by atoms with van der Waals surface area (Å²) < 4.78 is 0. The van der Waals surface area contributed by atoms with Crippen molar-refractivity contribution in [3.63, 3.8) is 0 Å². The lowest BCUT2D eigenvalue weighted by molar-refractivity contribution is 0.00809. The third kappa shape index (κ3) is 3.47. The molecule has 1 heterocycles. The van der Waals surface area contributed by atoms with Gasteiger partial charge in [-0.05, 0) is 38.6 Å². The number of nitrogens with zero attached hydrogens (tertiary/aromatic N) is 1. The van der Waals surface area contributed by atoms with Gasteiger partial charge in [0.15, 0.2) is 0 Å². The molecule has 2 spiro atoms. The maximum atomic E-state index is 4.03. The smallest absolute Gasteiger partial charge is 0.0334 e. The Balaban J connectivity index is 1.57. The van der Waals surface area contributed by atoms with Gasteiger partial charge in [-0.2, -0.15) is 0 Å². The predicted molar refractivity (Wildman–Crippen MR) is 90.7 cm³/mol. The zero-order valence-corrected chi connectivity index (χ0v) is 14.3. The highest BCUT2D eigenvalue weighted by Gasteiger charge is 2.48. The molecule has 2 saturated carbocycles. The summed E-state index contributed by atoms with van der Waals surface area (Å²) in [5, 5.41) is 4.03. The van der Waals surface area contributed by atoms with Crippen LogP contribution in [0.15, 0.2) is 0 Å². The lowest BCUT2D eigenvalue weighted by atomic mass is 9.84. The van der Waals surface area contributed by atoms with Crippen LogP contribution < -0.4 is 5.32 Å². The quantitative estimate of drug-likeness (QED) is 0.726. The molecule has 0 amide bonds. The second-order valence-corrected chi connectivity index (χ2v) is 8.11. The minimum absolute atomic E-state index is 0.497. The summed E-state index contributed by atoms with van der Waals surface area (Å²) in [5.74, 6) is 0. The van der Waals surface area contributed by atoms with Crippen LogP contribution in [0.3, 0.4) is 0 Å². The predicted octanol–water partition coefficient (Wildman–Crippen LogP) is 4.49. The second-order valence-electron chi connectivity index (χ2n) is 8.11. The standard InChI is InChI=1S/C19H36N2/c1-2-3-4-5-10-15-21-17-18(11-6-7-12-18)20-16-19(21)13-8-9-14-19/h20H,2-17H2,1H3. The number of rotatable bonds is 6. The average molecular weight is 293 g/mol. The molecule has 0 aromatic carbocycles. The molecule has 2 heteroatoms. The highest BCUT2D eigenvalue weighted by Crippen LogP contribution is 2.42. The van der Waals surface area contributed by atoms with E-state index in [0.717, 1.165) is 0 Å². The summed E-state index contributed by atoms with van der Waals surface area (Å²) in [4.78, 5) is 2.95. The van der Waals surface area contributed by atoms with Crippen LogP contribution in [0, 0.1) is 0 Å². The molecule has 2 nitrogen and oxygen atoms in total. The molecule has 0 atom stereocenters. The molecule has 1 saturated heterocycles. The molecule has 122 valence electrons. The number of hydrogen-bond donors (Lipinski definition) is 1. The van der Waals surface area contributed by atoms with Crippen LogP contribution in [-0.2, 0) is 0 Å². The number of nitrogens with one attached hydrogen (secondary N) is 1. The van der Waals surface area contributed by atoms with Gasteiger partial charge in [-0.15, -0.1) is 0 Å². The highest BCUT2D eigenvalue weighted by atomic mass is 15.3. The molecule has 3 aliphatic rings. The van der Waals surface area contributed by atoms with Crippen molar-refractivity contribution in [1.82, 2.24) is 10.2 Å². The maximum absolute atomic E-state index is 4.03. The van der Waals surface area contributed by atoms with Crippen molar-refractivity contribution in [1.29, 1.82) is 0 Å². The topological polar surface area (TPSA) is 15.3 Å². The van der Waals surface area contributed by atoms with E-state index < -0.39 is 0 Å². The SMILES string of the molecule is CCCCCCCN1CC2(CCCC2)NCC12CCCC2. The molecule has 0 aromatic heterocycles. The van der Waals surface area contributed by atoms with Crippen LogP contribution in [-0.4, -0.2) is 35.6 Å². The molecule has 21 heavy (non-hydrogen) atoms. The summed E-state index contributed by atoms with van der Waals surface area (Å²) in [6.07, 6.45) is 18.7. The van der Waals surface area contributed by atoms with Crippen LogP contribution in [0.5, 0.6) is 0 Å². The monoisotopic (exact) mass is 292 g/mol. The highest BCUT2D eigenvalue weighted by molar-refractivity contribution is 5.08. The van der Waals surface area contributed by atoms with E-state index >= 15 is 0 Å². The second kappa shape index (κ2) is 7.00. The van der Waals surface area contributed by atoms with Gasteiger partial charge in [0.1, 0.15) is 0 Å². The van der Waals surface area contributed by atoms with Crippen LogP contribution in [0.25, 0.3) is 0 Å². The molecular formula is C19H36N2. The first-order valence-electron chi connectivity index (χ1n) is 9.79. The van der Waals surface area contributed by atoms with Gasteiger partial charge in [0.05, 0.1) is 0 Å². The van der Waals surface area contributed by atoms with Crippen molar-refractivity contribution >= 4 is 0 Å². The van der Waals surface area contributed by atoms with Gasteiger partial charge in [-0.3, -0.25) is 4.90 Å². The minimum atomic E-state index is 0.497. The van der Waals surface area contributed by atoms with Crippen LogP contribution in [0.2, 0.25) is 0 Å². The Kier molecular flexibility index (Phi) is 5.27. The van der Waals surface area contributed by atoms with E-state index in [1.807, 2.05) is 0 Å². The average Bonchev–Trinajstić information content (AvgIpc) is 3.13. The minimum Gasteiger partial charge on any atom is -0.308 e. The van der Waals surface area contributed by atoms with E-state index in [2.05, 4.69) is 17.1 Å². The first-order valence-corrected chi connectivity index (χ1v) is 9.79. The first kappa shape index (κ1) is 15.8. The summed E-state index contributed by atoms with van der Waals surface area (Å²) in [5.41, 5.74) is 1.04. The van der Waals surface area contributed by atoms with Gasteiger partial charge < -0.3 is 5.32 Å². The zero-order valence-electron chi connectivity index (χ0n) is 14.3. The normalized spacial score (nSPS) is 27.9. The Labute approximate surface area is 132 Å². The third-order valence-electron chi connectivity index (χ3n) is 6.58. The van der Waals surface area contributed by atoms with Crippen LogP contribution in [0.4, 0.5) is 0 Å². The summed E-state index contributed by atoms with van der Waals surface area (Å²) in [6.45, 7) is 6.31. The van der Waals surface area contributed by atoms with E-state index in [4.69, 9.17) is 0 Å². The first-order chi connectivity index (χ1) is 10.3. The molecule has 0 aromatic rings. The molecule has 1 aliphatic heterocycles. The van der Waals surface area contributed by atoms with Gasteiger partial charge in [0, 0.05) is 24.2 Å². The Morgan fingerprint density at radius 3 is 2.24 bits per heavy atom. The van der Waals surface area contributed by atoms with E-state index in [-0.39, 0.29) is 0 Å². The van der Waals surface area contributed by atoms with Crippen LogP contribution >= 0.6 is 0 Å². The Hall–Kier alpha value is -0.0800. The van der Waals surface area contributed by atoms with Crippen LogP contribution in [0.1, 0.15) is 90.4 Å². The van der Waals surface area contributed by atoms with Crippen molar-refractivity contribution in [2.45, 2.75) is 101 Å². The summed E-state index contributed by atoms with van der Waals surface area (Å²) in [6, 6.07) is 0. The lowest BCUT2D eigenvalue weighted by Gasteiger charge is -2.53. The van der Waals surface area contributed by atoms with Crippen molar-refractivity contribution in [2.24, 2.45) is 0 Å². The van der Waals surface area contributed by atoms with Crippen molar-refractivity contribution in [3.8, 4) is 0 Å². The van der Waals surface area contributed by atoms with Crippen molar-refractivity contribution < 1.29 is 0 Å². The molecule has 0 unspecified atom stereocenters. The third-order valence-corrected chi connectivity index (χ3v) is 6.58. The number of unbranched alkanes of at least 4 members (excludes halogenated alkanes) is 4. The fourth-order valence-corrected chi connectivity index (χ4v) is 5.19. The van der Waals surface area contributed by atoms with E-state index in [1.54, 1.807) is 0 Å². The zero-order chi connectivity index (χ0) is 14.6.